The molecule has 5 heteroatoms. The van der Waals surface area contributed by atoms with Gasteiger partial charge in [0.2, 0.25) is 0 Å². The summed E-state index contributed by atoms with van der Waals surface area (Å²) >= 11 is 9.59. The highest BCUT2D eigenvalue weighted by atomic mass is 79.9. The van der Waals surface area contributed by atoms with Crippen molar-refractivity contribution in [1.82, 2.24) is 9.78 Å². The fourth-order valence-corrected chi connectivity index (χ4v) is 2.77. The van der Waals surface area contributed by atoms with E-state index < -0.39 is 0 Å². The van der Waals surface area contributed by atoms with Crippen LogP contribution in [0.4, 0.5) is 0 Å². The zero-order chi connectivity index (χ0) is 14.7. The van der Waals surface area contributed by atoms with Gasteiger partial charge in [-0.3, -0.25) is 9.48 Å². The van der Waals surface area contributed by atoms with Crippen LogP contribution in [0.3, 0.4) is 0 Å². The van der Waals surface area contributed by atoms with Crippen LogP contribution in [0.25, 0.3) is 0 Å². The molecule has 0 spiro atoms. The number of hydrogen-bond acceptors (Lipinski definition) is 2. The Labute approximate surface area is 132 Å². The lowest BCUT2D eigenvalue weighted by Crippen LogP contribution is -2.12. The zero-order valence-electron chi connectivity index (χ0n) is 11.5. The number of carbonyl (C=O) groups is 1. The third kappa shape index (κ3) is 3.30. The molecule has 1 aromatic heterocycles. The van der Waals surface area contributed by atoms with Crippen LogP contribution in [0.1, 0.15) is 23.9 Å². The number of halogens is 2. The van der Waals surface area contributed by atoms with Gasteiger partial charge >= 0.3 is 0 Å². The first-order valence-electron chi connectivity index (χ1n) is 6.49. The van der Waals surface area contributed by atoms with Crippen molar-refractivity contribution in [2.45, 2.75) is 33.2 Å². The molecular weight excluding hydrogens is 340 g/mol. The van der Waals surface area contributed by atoms with Crippen molar-refractivity contribution in [1.29, 1.82) is 0 Å². The quantitative estimate of drug-likeness (QED) is 0.813. The lowest BCUT2D eigenvalue weighted by Gasteiger charge is -2.06. The molecule has 0 aliphatic rings. The van der Waals surface area contributed by atoms with Crippen molar-refractivity contribution in [3.8, 4) is 0 Å². The van der Waals surface area contributed by atoms with Crippen molar-refractivity contribution in [3.63, 3.8) is 0 Å². The minimum atomic E-state index is 0.133. The number of ketones is 1. The standard InChI is InChI=1S/C15H16BrClN2O/c1-3-19-14(15(16)10(2)18-19)9-12(20)8-11-6-4-5-7-13(11)17/h4-7H,3,8-9H2,1-2H3. The van der Waals surface area contributed by atoms with Gasteiger partial charge in [0.15, 0.2) is 0 Å². The van der Waals surface area contributed by atoms with Crippen LogP contribution in [0, 0.1) is 6.92 Å². The largest absolute Gasteiger partial charge is 0.299 e. The predicted molar refractivity (Wildman–Crippen MR) is 84.2 cm³/mol. The van der Waals surface area contributed by atoms with Gasteiger partial charge in [0, 0.05) is 24.4 Å². The summed E-state index contributed by atoms with van der Waals surface area (Å²) in [5.41, 5.74) is 2.71. The van der Waals surface area contributed by atoms with Gasteiger partial charge in [0.1, 0.15) is 5.78 Å². The highest BCUT2D eigenvalue weighted by Gasteiger charge is 2.16. The van der Waals surface area contributed by atoms with Gasteiger partial charge in [-0.2, -0.15) is 5.10 Å². The number of Topliss-reactive ketones (excluding diaryl/α,β-unsaturated/α-hetero) is 1. The van der Waals surface area contributed by atoms with E-state index >= 15 is 0 Å². The summed E-state index contributed by atoms with van der Waals surface area (Å²) in [6, 6.07) is 7.45. The molecule has 0 radical (unpaired) electrons. The first-order valence-corrected chi connectivity index (χ1v) is 7.67. The van der Waals surface area contributed by atoms with E-state index in [1.165, 1.54) is 0 Å². The molecule has 0 fully saturated rings. The molecule has 2 rings (SSSR count). The fraction of sp³-hybridized carbons (Fsp3) is 0.333. The Morgan fingerprint density at radius 2 is 2.05 bits per heavy atom. The second-order valence-electron chi connectivity index (χ2n) is 4.65. The molecule has 0 aliphatic carbocycles. The zero-order valence-corrected chi connectivity index (χ0v) is 13.8. The van der Waals surface area contributed by atoms with Crippen LogP contribution in [-0.2, 0) is 24.2 Å². The number of nitrogens with zero attached hydrogens (tertiary/aromatic N) is 2. The number of aryl methyl sites for hydroxylation is 2. The summed E-state index contributed by atoms with van der Waals surface area (Å²) in [6.45, 7) is 4.69. The summed E-state index contributed by atoms with van der Waals surface area (Å²) in [5, 5.41) is 5.04. The van der Waals surface area contributed by atoms with Gasteiger partial charge in [0.25, 0.3) is 0 Å². The summed E-state index contributed by atoms with van der Waals surface area (Å²) in [6.07, 6.45) is 0.709. The van der Waals surface area contributed by atoms with E-state index in [0.717, 1.165) is 28.0 Å². The molecule has 3 nitrogen and oxygen atoms in total. The van der Waals surface area contributed by atoms with Crippen molar-refractivity contribution < 1.29 is 4.79 Å². The van der Waals surface area contributed by atoms with Crippen molar-refractivity contribution >= 4 is 33.3 Å². The SMILES string of the molecule is CCn1nc(C)c(Br)c1CC(=O)Cc1ccccc1Cl. The van der Waals surface area contributed by atoms with E-state index in [2.05, 4.69) is 21.0 Å². The lowest BCUT2D eigenvalue weighted by molar-refractivity contribution is -0.117. The van der Waals surface area contributed by atoms with Crippen LogP contribution in [-0.4, -0.2) is 15.6 Å². The normalized spacial score (nSPS) is 10.8. The minimum absolute atomic E-state index is 0.133. The summed E-state index contributed by atoms with van der Waals surface area (Å²) in [5.74, 6) is 0.133. The Bertz CT molecular complexity index is 637. The molecule has 0 N–H and O–H groups in total. The molecule has 0 saturated carbocycles. The molecule has 106 valence electrons. The van der Waals surface area contributed by atoms with Crippen LogP contribution in [0.5, 0.6) is 0 Å². The average molecular weight is 356 g/mol. The van der Waals surface area contributed by atoms with Gasteiger partial charge < -0.3 is 0 Å². The Balaban J connectivity index is 2.15. The highest BCUT2D eigenvalue weighted by molar-refractivity contribution is 9.10. The predicted octanol–water partition coefficient (Wildman–Crippen LogP) is 3.98. The van der Waals surface area contributed by atoms with Crippen LogP contribution in [0.2, 0.25) is 5.02 Å². The third-order valence-electron chi connectivity index (χ3n) is 3.16. The fourth-order valence-electron chi connectivity index (χ4n) is 2.14. The Kier molecular flexibility index (Phi) is 5.00. The minimum Gasteiger partial charge on any atom is -0.299 e. The van der Waals surface area contributed by atoms with E-state index in [1.54, 1.807) is 6.07 Å². The smallest absolute Gasteiger partial charge is 0.143 e. The second kappa shape index (κ2) is 6.55. The monoisotopic (exact) mass is 354 g/mol. The van der Waals surface area contributed by atoms with E-state index in [4.69, 9.17) is 11.6 Å². The molecule has 0 saturated heterocycles. The maximum absolute atomic E-state index is 12.2. The van der Waals surface area contributed by atoms with Crippen LogP contribution in [0.15, 0.2) is 28.7 Å². The summed E-state index contributed by atoms with van der Waals surface area (Å²) in [7, 11) is 0. The Morgan fingerprint density at radius 1 is 1.35 bits per heavy atom. The topological polar surface area (TPSA) is 34.9 Å². The first-order chi connectivity index (χ1) is 9.52. The number of carbonyl (C=O) groups excluding carboxylic acids is 1. The average Bonchev–Trinajstić information content (AvgIpc) is 2.69. The van der Waals surface area contributed by atoms with E-state index in [0.29, 0.717) is 17.9 Å². The van der Waals surface area contributed by atoms with E-state index in [1.807, 2.05) is 36.7 Å². The Morgan fingerprint density at radius 3 is 2.70 bits per heavy atom. The molecule has 1 aromatic carbocycles. The highest BCUT2D eigenvalue weighted by Crippen LogP contribution is 2.23. The van der Waals surface area contributed by atoms with Crippen molar-refractivity contribution in [2.75, 3.05) is 0 Å². The van der Waals surface area contributed by atoms with Crippen LogP contribution >= 0.6 is 27.5 Å². The molecule has 1 heterocycles. The van der Waals surface area contributed by atoms with Gasteiger partial charge in [-0.1, -0.05) is 29.8 Å². The van der Waals surface area contributed by atoms with Crippen LogP contribution < -0.4 is 0 Å². The van der Waals surface area contributed by atoms with Gasteiger partial charge in [-0.05, 0) is 41.4 Å². The van der Waals surface area contributed by atoms with Gasteiger partial charge in [-0.15, -0.1) is 0 Å². The van der Waals surface area contributed by atoms with Gasteiger partial charge in [-0.25, -0.2) is 0 Å². The number of rotatable bonds is 5. The maximum atomic E-state index is 12.2. The van der Waals surface area contributed by atoms with Crippen molar-refractivity contribution in [3.05, 3.63) is 50.7 Å². The lowest BCUT2D eigenvalue weighted by atomic mass is 10.1. The first kappa shape index (κ1) is 15.3. The Hall–Kier alpha value is -1.13. The molecule has 0 atom stereocenters. The molecule has 0 aliphatic heterocycles. The molecule has 2 aromatic rings. The maximum Gasteiger partial charge on any atom is 0.143 e. The molecule has 20 heavy (non-hydrogen) atoms. The summed E-state index contributed by atoms with van der Waals surface area (Å²) < 4.78 is 2.79. The number of hydrogen-bond donors (Lipinski definition) is 0. The number of benzene rings is 1. The molecule has 0 amide bonds. The summed E-state index contributed by atoms with van der Waals surface area (Å²) in [4.78, 5) is 12.2. The molecule has 0 unspecified atom stereocenters. The van der Waals surface area contributed by atoms with E-state index in [-0.39, 0.29) is 5.78 Å². The van der Waals surface area contributed by atoms with E-state index in [9.17, 15) is 4.79 Å². The number of aromatic nitrogens is 2. The second-order valence-corrected chi connectivity index (χ2v) is 5.85. The van der Waals surface area contributed by atoms with Gasteiger partial charge in [0.05, 0.1) is 15.9 Å². The molecular formula is C15H16BrClN2O. The van der Waals surface area contributed by atoms with Crippen molar-refractivity contribution in [2.24, 2.45) is 0 Å². The third-order valence-corrected chi connectivity index (χ3v) is 4.56. The molecule has 0 bridgehead atoms.